The van der Waals surface area contributed by atoms with Crippen molar-refractivity contribution in [3.8, 4) is 0 Å². The zero-order valence-corrected chi connectivity index (χ0v) is 11.8. The fourth-order valence-corrected chi connectivity index (χ4v) is 3.11. The van der Waals surface area contributed by atoms with Crippen LogP contribution in [0, 0.1) is 0 Å². The van der Waals surface area contributed by atoms with E-state index in [2.05, 4.69) is 13.8 Å². The quantitative estimate of drug-likeness (QED) is 0.337. The first kappa shape index (κ1) is 15.6. The lowest BCUT2D eigenvalue weighted by molar-refractivity contribution is -0.140. The summed E-state index contributed by atoms with van der Waals surface area (Å²) >= 11 is 0. The van der Waals surface area contributed by atoms with Crippen LogP contribution in [0.15, 0.2) is 0 Å². The van der Waals surface area contributed by atoms with Gasteiger partial charge in [0.05, 0.1) is 6.61 Å². The smallest absolute Gasteiger partial charge is 0.321 e. The minimum absolute atomic E-state index is 0.220. The zero-order valence-electron chi connectivity index (χ0n) is 10.7. The summed E-state index contributed by atoms with van der Waals surface area (Å²) < 4.78 is 16.2. The van der Waals surface area contributed by atoms with Gasteiger partial charge in [-0.2, -0.15) is 0 Å². The van der Waals surface area contributed by atoms with Crippen molar-refractivity contribution in [2.24, 2.45) is 0 Å². The van der Waals surface area contributed by atoms with Crippen LogP contribution in [0.5, 0.6) is 0 Å². The third-order valence-corrected chi connectivity index (χ3v) is 4.00. The normalized spacial score (nSPS) is 10.8. The molecule has 0 radical (unpaired) electrons. The Bertz CT molecular complexity index is 167. The van der Waals surface area contributed by atoms with Gasteiger partial charge < -0.3 is 13.6 Å². The fourth-order valence-electron chi connectivity index (χ4n) is 1.18. The largest absolute Gasteiger partial charge is 0.466 e. The highest BCUT2D eigenvalue weighted by Gasteiger charge is 2.12. The molecule has 0 aromatic rings. The van der Waals surface area contributed by atoms with Crippen LogP contribution in [-0.2, 0) is 18.4 Å². The summed E-state index contributed by atoms with van der Waals surface area (Å²) in [5, 5.41) is 0. The molecule has 0 N–H and O–H groups in total. The fraction of sp³-hybridized carbons (Fsp3) is 0.909. The van der Waals surface area contributed by atoms with Crippen molar-refractivity contribution < 1.29 is 18.4 Å². The number of hydrogen-bond donors (Lipinski definition) is 0. The van der Waals surface area contributed by atoms with Crippen LogP contribution in [0.1, 0.15) is 40.0 Å². The topological polar surface area (TPSA) is 44.8 Å². The molecule has 96 valence electrons. The summed E-state index contributed by atoms with van der Waals surface area (Å²) in [6.45, 7) is 7.62. The van der Waals surface area contributed by atoms with E-state index in [1.807, 2.05) is 0 Å². The first-order chi connectivity index (χ1) is 7.70. The highest BCUT2D eigenvalue weighted by molar-refractivity contribution is 6.44. The lowest BCUT2D eigenvalue weighted by Crippen LogP contribution is -2.24. The van der Waals surface area contributed by atoms with Gasteiger partial charge in [0.25, 0.3) is 0 Å². The summed E-state index contributed by atoms with van der Waals surface area (Å²) in [7, 11) is -1.52. The molecule has 0 amide bonds. The predicted octanol–water partition coefficient (Wildman–Crippen LogP) is 2.01. The molecule has 5 heteroatoms. The van der Waals surface area contributed by atoms with E-state index in [1.165, 1.54) is 6.92 Å². The average molecular weight is 248 g/mol. The van der Waals surface area contributed by atoms with E-state index in [0.717, 1.165) is 38.5 Å². The monoisotopic (exact) mass is 248 g/mol. The van der Waals surface area contributed by atoms with E-state index in [0.29, 0.717) is 6.61 Å². The van der Waals surface area contributed by atoms with Gasteiger partial charge in [0, 0.05) is 20.1 Å². The Balaban J connectivity index is 3.59. The van der Waals surface area contributed by atoms with Gasteiger partial charge in [-0.15, -0.1) is 0 Å². The maximum atomic E-state index is 10.6. The number of rotatable bonds is 10. The summed E-state index contributed by atoms with van der Waals surface area (Å²) in [5.41, 5.74) is 0. The first-order valence-corrected chi connectivity index (χ1v) is 7.83. The molecule has 0 aliphatic carbocycles. The number of carbonyl (C=O) groups excluding carboxylic acids is 1. The molecule has 0 rings (SSSR count). The summed E-state index contributed by atoms with van der Waals surface area (Å²) in [5.74, 6) is -0.220. The van der Waals surface area contributed by atoms with Crippen molar-refractivity contribution in [1.82, 2.24) is 0 Å². The van der Waals surface area contributed by atoms with Crippen molar-refractivity contribution in [2.45, 2.75) is 46.1 Å². The van der Waals surface area contributed by atoms with Gasteiger partial charge in [-0.25, -0.2) is 0 Å². The maximum Gasteiger partial charge on any atom is 0.321 e. The van der Waals surface area contributed by atoms with E-state index in [1.54, 1.807) is 0 Å². The molecule has 0 unspecified atom stereocenters. The van der Waals surface area contributed by atoms with Gasteiger partial charge in [-0.1, -0.05) is 13.8 Å². The molecule has 0 aliphatic heterocycles. The molecule has 0 atom stereocenters. The van der Waals surface area contributed by atoms with E-state index >= 15 is 0 Å². The molecule has 4 nitrogen and oxygen atoms in total. The maximum absolute atomic E-state index is 10.6. The van der Waals surface area contributed by atoms with E-state index in [4.69, 9.17) is 13.6 Å². The van der Waals surface area contributed by atoms with E-state index < -0.39 is 9.28 Å². The van der Waals surface area contributed by atoms with E-state index in [9.17, 15) is 4.79 Å². The van der Waals surface area contributed by atoms with Crippen molar-refractivity contribution in [3.05, 3.63) is 0 Å². The third kappa shape index (κ3) is 10.1. The molecule has 0 aromatic carbocycles. The van der Waals surface area contributed by atoms with Crippen LogP contribution < -0.4 is 0 Å². The zero-order chi connectivity index (χ0) is 12.2. The molecule has 0 fully saturated rings. The number of esters is 1. The highest BCUT2D eigenvalue weighted by atomic mass is 28.3. The van der Waals surface area contributed by atoms with Crippen LogP contribution in [0.2, 0.25) is 6.04 Å². The van der Waals surface area contributed by atoms with Crippen molar-refractivity contribution >= 4 is 15.3 Å². The Morgan fingerprint density at radius 1 is 1.06 bits per heavy atom. The SMILES string of the molecule is CCCO[SiH](CCCOC(C)=O)OCCC. The first-order valence-electron chi connectivity index (χ1n) is 6.07. The standard InChI is InChI=1S/C11H24O4Si/c1-4-7-14-16(15-8-5-2)10-6-9-13-11(3)12/h16H,4-10H2,1-3H3. The highest BCUT2D eigenvalue weighted by Crippen LogP contribution is 2.03. The summed E-state index contributed by atoms with van der Waals surface area (Å²) in [4.78, 5) is 10.6. The van der Waals surface area contributed by atoms with Gasteiger partial charge in [0.1, 0.15) is 0 Å². The van der Waals surface area contributed by atoms with Gasteiger partial charge >= 0.3 is 15.3 Å². The Morgan fingerprint density at radius 2 is 1.62 bits per heavy atom. The van der Waals surface area contributed by atoms with Crippen molar-refractivity contribution in [2.75, 3.05) is 19.8 Å². The van der Waals surface area contributed by atoms with Gasteiger partial charge in [-0.05, 0) is 25.3 Å². The minimum atomic E-state index is -1.52. The Hall–Kier alpha value is -0.393. The van der Waals surface area contributed by atoms with Gasteiger partial charge in [-0.3, -0.25) is 4.79 Å². The van der Waals surface area contributed by atoms with Crippen LogP contribution in [0.3, 0.4) is 0 Å². The average Bonchev–Trinajstić information content (AvgIpc) is 2.26. The molecule has 0 aliphatic rings. The Labute approximate surface area is 100 Å². The molecular weight excluding hydrogens is 224 g/mol. The molecule has 0 saturated carbocycles. The minimum Gasteiger partial charge on any atom is -0.466 e. The lowest BCUT2D eigenvalue weighted by Gasteiger charge is -2.15. The number of carbonyl (C=O) groups is 1. The summed E-state index contributed by atoms with van der Waals surface area (Å²) in [6, 6.07) is 0.910. The van der Waals surface area contributed by atoms with Crippen LogP contribution in [-0.4, -0.2) is 35.1 Å². The lowest BCUT2D eigenvalue weighted by atomic mass is 10.5. The van der Waals surface area contributed by atoms with Gasteiger partial charge in [0.2, 0.25) is 0 Å². The summed E-state index contributed by atoms with van der Waals surface area (Å²) in [6.07, 6.45) is 2.87. The second kappa shape index (κ2) is 11.1. The van der Waals surface area contributed by atoms with Crippen LogP contribution in [0.4, 0.5) is 0 Å². The predicted molar refractivity (Wildman–Crippen MR) is 65.7 cm³/mol. The van der Waals surface area contributed by atoms with Crippen molar-refractivity contribution in [1.29, 1.82) is 0 Å². The molecule has 0 bridgehead atoms. The molecule has 0 heterocycles. The van der Waals surface area contributed by atoms with Crippen LogP contribution in [0.25, 0.3) is 0 Å². The van der Waals surface area contributed by atoms with E-state index in [-0.39, 0.29) is 5.97 Å². The molecule has 16 heavy (non-hydrogen) atoms. The molecule has 0 aromatic heterocycles. The number of ether oxygens (including phenoxy) is 1. The van der Waals surface area contributed by atoms with Crippen LogP contribution >= 0.6 is 0 Å². The number of hydrogen-bond acceptors (Lipinski definition) is 4. The molecular formula is C11H24O4Si. The second-order valence-electron chi connectivity index (χ2n) is 3.65. The Morgan fingerprint density at radius 3 is 2.06 bits per heavy atom. The third-order valence-electron chi connectivity index (χ3n) is 1.91. The van der Waals surface area contributed by atoms with Crippen molar-refractivity contribution in [3.63, 3.8) is 0 Å². The molecule has 0 saturated heterocycles. The Kier molecular flexibility index (Phi) is 10.8. The van der Waals surface area contributed by atoms with Gasteiger partial charge in [0.15, 0.2) is 0 Å². The molecule has 0 spiro atoms. The second-order valence-corrected chi connectivity index (χ2v) is 5.76.